The monoisotopic (exact) mass is 361 g/mol. The number of carbonyl (C=O) groups excluding carboxylic acids is 1. The van der Waals surface area contributed by atoms with Crippen LogP contribution in [0.3, 0.4) is 0 Å². The molecule has 0 aliphatic carbocycles. The van der Waals surface area contributed by atoms with Gasteiger partial charge >= 0.3 is 0 Å². The Balaban J connectivity index is 2.23. The Morgan fingerprint density at radius 1 is 1.15 bits per heavy atom. The zero-order valence-corrected chi connectivity index (χ0v) is 16.7. The van der Waals surface area contributed by atoms with Crippen LogP contribution in [0.15, 0.2) is 35.3 Å². The van der Waals surface area contributed by atoms with Crippen molar-refractivity contribution >= 4 is 11.9 Å². The topological polar surface area (TPSA) is 68.8 Å². The third-order valence-corrected chi connectivity index (χ3v) is 4.36. The second kappa shape index (κ2) is 13.2. The molecule has 0 heterocycles. The fourth-order valence-electron chi connectivity index (χ4n) is 2.68. The van der Waals surface area contributed by atoms with Gasteiger partial charge in [0.15, 0.2) is 5.96 Å². The van der Waals surface area contributed by atoms with Crippen molar-refractivity contribution in [1.29, 1.82) is 0 Å². The molecule has 1 atom stereocenters. The minimum atomic E-state index is -0.0500. The minimum absolute atomic E-state index is 0.0500. The highest BCUT2D eigenvalue weighted by Crippen LogP contribution is 2.00. The molecule has 0 spiro atoms. The van der Waals surface area contributed by atoms with E-state index in [0.29, 0.717) is 18.5 Å². The van der Waals surface area contributed by atoms with Crippen LogP contribution in [0, 0.1) is 0 Å². The predicted octanol–water partition coefficient (Wildman–Crippen LogP) is 1.98. The molecule has 1 unspecified atom stereocenters. The van der Waals surface area contributed by atoms with E-state index < -0.39 is 0 Å². The maximum absolute atomic E-state index is 12.0. The van der Waals surface area contributed by atoms with E-state index in [1.54, 1.807) is 7.05 Å². The molecular weight excluding hydrogens is 326 g/mol. The Morgan fingerprint density at radius 3 is 2.46 bits per heavy atom. The third kappa shape index (κ3) is 9.42. The first-order valence-corrected chi connectivity index (χ1v) is 9.59. The molecule has 0 radical (unpaired) electrons. The summed E-state index contributed by atoms with van der Waals surface area (Å²) in [5.74, 6) is 0.612. The molecule has 6 heteroatoms. The smallest absolute Gasteiger partial charge is 0.239 e. The average Bonchev–Trinajstić information content (AvgIpc) is 2.67. The van der Waals surface area contributed by atoms with Gasteiger partial charge in [-0.05, 0) is 45.0 Å². The summed E-state index contributed by atoms with van der Waals surface area (Å²) in [6.45, 7) is 10.6. The van der Waals surface area contributed by atoms with Gasteiger partial charge in [0.2, 0.25) is 5.91 Å². The first-order chi connectivity index (χ1) is 12.6. The van der Waals surface area contributed by atoms with Gasteiger partial charge in [0.25, 0.3) is 0 Å². The van der Waals surface area contributed by atoms with Crippen LogP contribution in [0.2, 0.25) is 0 Å². The van der Waals surface area contributed by atoms with Crippen LogP contribution in [0.25, 0.3) is 0 Å². The predicted molar refractivity (Wildman–Crippen MR) is 109 cm³/mol. The lowest BCUT2D eigenvalue weighted by Crippen LogP contribution is -2.46. The molecule has 0 saturated carbocycles. The largest absolute Gasteiger partial charge is 0.354 e. The highest BCUT2D eigenvalue weighted by atomic mass is 16.1. The third-order valence-electron chi connectivity index (χ3n) is 4.36. The van der Waals surface area contributed by atoms with Crippen LogP contribution in [0.5, 0.6) is 0 Å². The standard InChI is InChI=1S/C20H35N5O/c1-5-25(6-2)14-10-11-17(3)24-20(21-4)23-16-19(26)22-15-18-12-8-7-9-13-18/h7-9,12-13,17H,5-6,10-11,14-16H2,1-4H3,(H,22,26)(H2,21,23,24). The Morgan fingerprint density at radius 2 is 1.85 bits per heavy atom. The van der Waals surface area contributed by atoms with E-state index in [2.05, 4.69) is 46.6 Å². The van der Waals surface area contributed by atoms with Crippen molar-refractivity contribution < 1.29 is 4.79 Å². The Hall–Kier alpha value is -2.08. The van der Waals surface area contributed by atoms with Gasteiger partial charge < -0.3 is 20.9 Å². The van der Waals surface area contributed by atoms with E-state index in [9.17, 15) is 4.79 Å². The van der Waals surface area contributed by atoms with Crippen LogP contribution in [0.1, 0.15) is 39.2 Å². The molecule has 0 aliphatic heterocycles. The van der Waals surface area contributed by atoms with E-state index in [1.165, 1.54) is 0 Å². The second-order valence-electron chi connectivity index (χ2n) is 6.40. The normalized spacial score (nSPS) is 12.7. The maximum atomic E-state index is 12.0. The van der Waals surface area contributed by atoms with Crippen LogP contribution < -0.4 is 16.0 Å². The van der Waals surface area contributed by atoms with Gasteiger partial charge in [-0.1, -0.05) is 44.2 Å². The lowest BCUT2D eigenvalue weighted by atomic mass is 10.2. The molecule has 1 rings (SSSR count). The average molecular weight is 362 g/mol. The number of carbonyl (C=O) groups is 1. The number of hydrogen-bond donors (Lipinski definition) is 3. The Bertz CT molecular complexity index is 528. The highest BCUT2D eigenvalue weighted by molar-refractivity contribution is 5.86. The molecule has 0 aromatic heterocycles. The molecule has 1 aromatic rings. The Labute approximate surface area is 158 Å². The fourth-order valence-corrected chi connectivity index (χ4v) is 2.68. The van der Waals surface area contributed by atoms with Gasteiger partial charge in [0.05, 0.1) is 6.54 Å². The number of aliphatic imine (C=N–C) groups is 1. The molecule has 0 fully saturated rings. The highest BCUT2D eigenvalue weighted by Gasteiger charge is 2.08. The molecule has 1 amide bonds. The zero-order chi connectivity index (χ0) is 19.2. The number of nitrogens with one attached hydrogen (secondary N) is 3. The van der Waals surface area contributed by atoms with Crippen molar-refractivity contribution in [2.75, 3.05) is 33.2 Å². The molecular formula is C20H35N5O. The number of benzene rings is 1. The summed E-state index contributed by atoms with van der Waals surface area (Å²) in [6, 6.07) is 10.2. The lowest BCUT2D eigenvalue weighted by Gasteiger charge is -2.21. The van der Waals surface area contributed by atoms with Crippen molar-refractivity contribution in [2.24, 2.45) is 4.99 Å². The Kier molecular flexibility index (Phi) is 11.1. The second-order valence-corrected chi connectivity index (χ2v) is 6.40. The SMILES string of the molecule is CCN(CC)CCCC(C)NC(=NC)NCC(=O)NCc1ccccc1. The van der Waals surface area contributed by atoms with Crippen LogP contribution >= 0.6 is 0 Å². The number of hydrogen-bond acceptors (Lipinski definition) is 3. The van der Waals surface area contributed by atoms with E-state index in [0.717, 1.165) is 38.0 Å². The van der Waals surface area contributed by atoms with Crippen molar-refractivity contribution in [3.63, 3.8) is 0 Å². The van der Waals surface area contributed by atoms with E-state index >= 15 is 0 Å². The maximum Gasteiger partial charge on any atom is 0.239 e. The summed E-state index contributed by atoms with van der Waals surface area (Å²) in [6.07, 6.45) is 2.21. The number of nitrogens with zero attached hydrogens (tertiary/aromatic N) is 2. The van der Waals surface area contributed by atoms with Crippen LogP contribution in [-0.2, 0) is 11.3 Å². The molecule has 1 aromatic carbocycles. The van der Waals surface area contributed by atoms with E-state index in [4.69, 9.17) is 0 Å². The summed E-state index contributed by atoms with van der Waals surface area (Å²) < 4.78 is 0. The number of rotatable bonds is 11. The van der Waals surface area contributed by atoms with E-state index in [1.807, 2.05) is 30.3 Å². The van der Waals surface area contributed by atoms with Gasteiger partial charge in [0.1, 0.15) is 0 Å². The van der Waals surface area contributed by atoms with Crippen LogP contribution in [-0.4, -0.2) is 56.0 Å². The van der Waals surface area contributed by atoms with Gasteiger partial charge in [-0.15, -0.1) is 0 Å². The fraction of sp³-hybridized carbons (Fsp3) is 0.600. The van der Waals surface area contributed by atoms with Gasteiger partial charge in [-0.25, -0.2) is 0 Å². The molecule has 6 nitrogen and oxygen atoms in total. The summed E-state index contributed by atoms with van der Waals surface area (Å²) in [5, 5.41) is 9.32. The zero-order valence-electron chi connectivity index (χ0n) is 16.7. The van der Waals surface area contributed by atoms with Crippen molar-refractivity contribution in [3.05, 3.63) is 35.9 Å². The summed E-state index contributed by atoms with van der Waals surface area (Å²) in [5.41, 5.74) is 1.09. The molecule has 3 N–H and O–H groups in total. The van der Waals surface area contributed by atoms with Crippen LogP contribution in [0.4, 0.5) is 0 Å². The number of amides is 1. The molecule has 0 bridgehead atoms. The summed E-state index contributed by atoms with van der Waals surface area (Å²) >= 11 is 0. The number of guanidine groups is 1. The van der Waals surface area contributed by atoms with E-state index in [-0.39, 0.29) is 12.5 Å². The summed E-state index contributed by atoms with van der Waals surface area (Å²) in [4.78, 5) is 18.6. The lowest BCUT2D eigenvalue weighted by molar-refractivity contribution is -0.120. The molecule has 146 valence electrons. The van der Waals surface area contributed by atoms with Gasteiger partial charge in [-0.3, -0.25) is 9.79 Å². The first-order valence-electron chi connectivity index (χ1n) is 9.59. The summed E-state index contributed by atoms with van der Waals surface area (Å²) in [7, 11) is 1.72. The molecule has 26 heavy (non-hydrogen) atoms. The van der Waals surface area contributed by atoms with Gasteiger partial charge in [0, 0.05) is 19.6 Å². The quantitative estimate of drug-likeness (QED) is 0.416. The minimum Gasteiger partial charge on any atom is -0.354 e. The van der Waals surface area contributed by atoms with Crippen molar-refractivity contribution in [1.82, 2.24) is 20.9 Å². The van der Waals surface area contributed by atoms with Gasteiger partial charge in [-0.2, -0.15) is 0 Å². The van der Waals surface area contributed by atoms with Crippen molar-refractivity contribution in [3.8, 4) is 0 Å². The van der Waals surface area contributed by atoms with Crippen molar-refractivity contribution in [2.45, 2.75) is 46.2 Å². The molecule has 0 aliphatic rings. The molecule has 0 saturated heterocycles. The first kappa shape index (κ1) is 22.0.